The number of rotatable bonds is 5. The van der Waals surface area contributed by atoms with E-state index in [9.17, 15) is 18.5 Å². The molecule has 164 valence electrons. The fourth-order valence-electron chi connectivity index (χ4n) is 3.93. The Labute approximate surface area is 186 Å². The number of hydrogen-bond acceptors (Lipinski definition) is 7. The number of carbonyl (C=O) groups is 1. The van der Waals surface area contributed by atoms with Gasteiger partial charge in [-0.2, -0.15) is 5.26 Å². The van der Waals surface area contributed by atoms with Crippen LogP contribution < -0.4 is 10.6 Å². The molecule has 2 N–H and O–H groups in total. The molecular formula is C23H23N5O3S. The molecule has 4 rings (SSSR count). The molecule has 0 saturated carbocycles. The average molecular weight is 450 g/mol. The van der Waals surface area contributed by atoms with E-state index in [0.29, 0.717) is 42.8 Å². The normalized spacial score (nSPS) is 15.9. The van der Waals surface area contributed by atoms with Crippen molar-refractivity contribution in [3.63, 3.8) is 0 Å². The van der Waals surface area contributed by atoms with Crippen LogP contribution in [0.5, 0.6) is 0 Å². The predicted molar refractivity (Wildman–Crippen MR) is 120 cm³/mol. The van der Waals surface area contributed by atoms with Crippen LogP contribution in [0.15, 0.2) is 53.4 Å². The lowest BCUT2D eigenvalue weighted by molar-refractivity contribution is -0.122. The number of anilines is 1. The van der Waals surface area contributed by atoms with E-state index < -0.39 is 15.1 Å². The van der Waals surface area contributed by atoms with E-state index in [1.165, 1.54) is 12.1 Å². The highest BCUT2D eigenvalue weighted by Crippen LogP contribution is 2.35. The maximum atomic E-state index is 13.4. The lowest BCUT2D eigenvalue weighted by Crippen LogP contribution is -2.39. The van der Waals surface area contributed by atoms with Gasteiger partial charge in [0.15, 0.2) is 11.1 Å². The van der Waals surface area contributed by atoms with Crippen LogP contribution in [-0.2, 0) is 14.6 Å². The molecule has 2 aromatic carbocycles. The molecule has 3 aromatic rings. The van der Waals surface area contributed by atoms with Gasteiger partial charge in [0.25, 0.3) is 0 Å². The Hall–Kier alpha value is -3.51. The number of sulfone groups is 1. The Morgan fingerprint density at radius 1 is 1.09 bits per heavy atom. The van der Waals surface area contributed by atoms with Crippen LogP contribution in [0.25, 0.3) is 11.0 Å². The monoisotopic (exact) mass is 449 g/mol. The number of nitrogens with zero attached hydrogens (tertiary/aromatic N) is 4. The summed E-state index contributed by atoms with van der Waals surface area (Å²) in [5, 5.41) is 8.44. The van der Waals surface area contributed by atoms with E-state index in [2.05, 4.69) is 4.98 Å². The van der Waals surface area contributed by atoms with E-state index in [1.807, 2.05) is 24.0 Å². The van der Waals surface area contributed by atoms with Gasteiger partial charge >= 0.3 is 0 Å². The van der Waals surface area contributed by atoms with Crippen molar-refractivity contribution in [2.24, 2.45) is 11.7 Å². The van der Waals surface area contributed by atoms with E-state index in [4.69, 9.17) is 10.7 Å². The summed E-state index contributed by atoms with van der Waals surface area (Å²) in [4.78, 5) is 22.8. The predicted octanol–water partition coefficient (Wildman–Crippen LogP) is 2.68. The number of nitriles is 1. The molecule has 1 aliphatic rings. The zero-order chi connectivity index (χ0) is 22.9. The molecule has 0 radical (unpaired) electrons. The first-order chi connectivity index (χ1) is 15.3. The van der Waals surface area contributed by atoms with E-state index >= 15 is 0 Å². The highest BCUT2D eigenvalue weighted by atomic mass is 32.2. The first-order valence-electron chi connectivity index (χ1n) is 10.3. The molecule has 1 amide bonds. The lowest BCUT2D eigenvalue weighted by atomic mass is 9.96. The number of piperidine rings is 1. The zero-order valence-corrected chi connectivity index (χ0v) is 18.4. The van der Waals surface area contributed by atoms with Gasteiger partial charge in [-0.3, -0.25) is 4.79 Å². The van der Waals surface area contributed by atoms with Crippen molar-refractivity contribution in [2.45, 2.75) is 29.9 Å². The van der Waals surface area contributed by atoms with Crippen molar-refractivity contribution >= 4 is 32.6 Å². The Morgan fingerprint density at radius 3 is 2.25 bits per heavy atom. The van der Waals surface area contributed by atoms with Gasteiger partial charge in [0.2, 0.25) is 15.7 Å². The first kappa shape index (κ1) is 21.7. The Morgan fingerprint density at radius 2 is 1.69 bits per heavy atom. The topological polar surface area (TPSA) is 130 Å². The largest absolute Gasteiger partial charge is 0.369 e. The number of carbonyl (C=O) groups excluding carboxylic acids is 1. The number of para-hydroxylation sites is 2. The van der Waals surface area contributed by atoms with Gasteiger partial charge < -0.3 is 10.6 Å². The number of aromatic nitrogens is 2. The fourth-order valence-corrected chi connectivity index (χ4v) is 5.31. The minimum Gasteiger partial charge on any atom is -0.369 e. The van der Waals surface area contributed by atoms with E-state index in [0.717, 1.165) is 5.56 Å². The van der Waals surface area contributed by atoms with Gasteiger partial charge in [0.05, 0.1) is 22.0 Å². The minimum atomic E-state index is -4.04. The third-order valence-corrected chi connectivity index (χ3v) is 7.68. The molecule has 1 saturated heterocycles. The number of benzene rings is 2. The molecule has 1 fully saturated rings. The van der Waals surface area contributed by atoms with Crippen LogP contribution in [0.3, 0.4) is 0 Å². The number of primary amides is 1. The van der Waals surface area contributed by atoms with Crippen molar-refractivity contribution < 1.29 is 13.2 Å². The van der Waals surface area contributed by atoms with Gasteiger partial charge in [0.1, 0.15) is 5.69 Å². The molecule has 0 unspecified atom stereocenters. The quantitative estimate of drug-likeness (QED) is 0.634. The number of fused-ring (bicyclic) bond motifs is 1. The van der Waals surface area contributed by atoms with Crippen LogP contribution in [0.2, 0.25) is 0 Å². The molecule has 1 aromatic heterocycles. The second-order valence-corrected chi connectivity index (χ2v) is 9.98. The Kier molecular flexibility index (Phi) is 5.80. The average Bonchev–Trinajstić information content (AvgIpc) is 2.79. The summed E-state index contributed by atoms with van der Waals surface area (Å²) in [6, 6.07) is 15.5. The molecule has 8 nitrogen and oxygen atoms in total. The van der Waals surface area contributed by atoms with Gasteiger partial charge in [-0.05, 0) is 44.0 Å². The summed E-state index contributed by atoms with van der Waals surface area (Å²) >= 11 is 0. The number of nitrogens with two attached hydrogens (primary N) is 1. The third-order valence-electron chi connectivity index (χ3n) is 5.80. The first-order valence-corrected chi connectivity index (χ1v) is 11.9. The van der Waals surface area contributed by atoms with Crippen molar-refractivity contribution in [3.8, 4) is 6.07 Å². The summed E-state index contributed by atoms with van der Waals surface area (Å²) in [6.07, 6.45) is 1.07. The molecule has 0 bridgehead atoms. The summed E-state index contributed by atoms with van der Waals surface area (Å²) in [7, 11) is -4.04. The zero-order valence-electron chi connectivity index (χ0n) is 17.6. The number of aryl methyl sites for hydroxylation is 1. The molecule has 2 heterocycles. The summed E-state index contributed by atoms with van der Waals surface area (Å²) < 4.78 is 26.8. The Bertz CT molecular complexity index is 1310. The second kappa shape index (κ2) is 8.55. The van der Waals surface area contributed by atoms with Crippen molar-refractivity contribution in [3.05, 3.63) is 59.8 Å². The third kappa shape index (κ3) is 4.01. The standard InChI is InChI=1S/C23H23N5O3S/c1-15-6-8-17(9-7-15)32(30,31)20(14-24)21-23(27-19-5-3-2-4-18(19)26-21)28-12-10-16(11-13-28)22(25)29/h2-9,16,20H,10-13H2,1H3,(H2,25,29)/t20-/m0/s1. The SMILES string of the molecule is Cc1ccc(S(=O)(=O)[C@@H](C#N)c2nc3ccccc3nc2N2CCC(C(N)=O)CC2)cc1. The van der Waals surface area contributed by atoms with Crippen LogP contribution in [-0.4, -0.2) is 37.4 Å². The summed E-state index contributed by atoms with van der Waals surface area (Å²) in [6.45, 7) is 2.80. The van der Waals surface area contributed by atoms with Crippen molar-refractivity contribution in [1.29, 1.82) is 5.26 Å². The van der Waals surface area contributed by atoms with Crippen molar-refractivity contribution in [1.82, 2.24) is 9.97 Å². The molecular weight excluding hydrogens is 426 g/mol. The summed E-state index contributed by atoms with van der Waals surface area (Å²) in [5.74, 6) is -0.216. The van der Waals surface area contributed by atoms with Gasteiger partial charge in [-0.15, -0.1) is 0 Å². The van der Waals surface area contributed by atoms with E-state index in [1.54, 1.807) is 30.3 Å². The van der Waals surface area contributed by atoms with Gasteiger partial charge in [-0.25, -0.2) is 18.4 Å². The molecule has 9 heteroatoms. The van der Waals surface area contributed by atoms with Crippen LogP contribution in [0.4, 0.5) is 5.82 Å². The fraction of sp³-hybridized carbons (Fsp3) is 0.304. The Balaban J connectivity index is 1.83. The molecule has 1 aliphatic heterocycles. The van der Waals surface area contributed by atoms with Crippen LogP contribution in [0.1, 0.15) is 29.3 Å². The maximum absolute atomic E-state index is 13.4. The lowest BCUT2D eigenvalue weighted by Gasteiger charge is -2.33. The highest BCUT2D eigenvalue weighted by Gasteiger charge is 2.36. The van der Waals surface area contributed by atoms with Gasteiger partial charge in [0, 0.05) is 19.0 Å². The van der Waals surface area contributed by atoms with Gasteiger partial charge in [-0.1, -0.05) is 29.8 Å². The van der Waals surface area contributed by atoms with Crippen LogP contribution in [0, 0.1) is 24.2 Å². The maximum Gasteiger partial charge on any atom is 0.220 e. The number of amides is 1. The molecule has 32 heavy (non-hydrogen) atoms. The molecule has 1 atom stereocenters. The summed E-state index contributed by atoms with van der Waals surface area (Å²) in [5.41, 5.74) is 7.58. The van der Waals surface area contributed by atoms with E-state index in [-0.39, 0.29) is 22.4 Å². The second-order valence-electron chi connectivity index (χ2n) is 7.95. The minimum absolute atomic E-state index is 0.0583. The highest BCUT2D eigenvalue weighted by molar-refractivity contribution is 7.92. The molecule has 0 aliphatic carbocycles. The van der Waals surface area contributed by atoms with Crippen LogP contribution >= 0.6 is 0 Å². The van der Waals surface area contributed by atoms with Crippen molar-refractivity contribution in [2.75, 3.05) is 18.0 Å². The smallest absolute Gasteiger partial charge is 0.220 e. The number of hydrogen-bond donors (Lipinski definition) is 1. The molecule has 0 spiro atoms.